The van der Waals surface area contributed by atoms with Gasteiger partial charge in [-0.05, 0) is 38.1 Å². The van der Waals surface area contributed by atoms with Gasteiger partial charge in [0.15, 0.2) is 0 Å². The van der Waals surface area contributed by atoms with Crippen LogP contribution in [0.3, 0.4) is 0 Å². The summed E-state index contributed by atoms with van der Waals surface area (Å²) in [7, 11) is -3.66. The Morgan fingerprint density at radius 1 is 1.20 bits per heavy atom. The molecular weight excluding hydrogens is 278 g/mol. The average Bonchev–Trinajstić information content (AvgIpc) is 2.39. The van der Waals surface area contributed by atoms with Gasteiger partial charge < -0.3 is 10.2 Å². The summed E-state index contributed by atoms with van der Waals surface area (Å²) in [6.45, 7) is 5.81. The van der Waals surface area contributed by atoms with Crippen LogP contribution in [-0.2, 0) is 14.8 Å². The first-order valence-corrected chi connectivity index (χ1v) is 8.07. The second-order valence-electron chi connectivity index (χ2n) is 4.31. The number of nitrogens with one attached hydrogen (secondary N) is 1. The summed E-state index contributed by atoms with van der Waals surface area (Å²) in [6, 6.07) is 6.12. The summed E-state index contributed by atoms with van der Waals surface area (Å²) in [6.07, 6.45) is 0.401. The van der Waals surface area contributed by atoms with Crippen LogP contribution in [0.25, 0.3) is 0 Å². The maximum Gasteiger partial charge on any atom is 0.238 e. The number of sulfonamides is 1. The number of amides is 1. The van der Waals surface area contributed by atoms with Crippen molar-refractivity contribution in [3.05, 3.63) is 24.3 Å². The molecule has 1 aromatic rings. The minimum Gasteiger partial charge on any atom is -0.385 e. The molecule has 1 rings (SSSR count). The van der Waals surface area contributed by atoms with Crippen LogP contribution in [0.1, 0.15) is 20.3 Å². The number of nitrogens with two attached hydrogens (primary N) is 1. The Morgan fingerprint density at radius 2 is 1.75 bits per heavy atom. The molecule has 0 aliphatic heterocycles. The Labute approximate surface area is 120 Å². The molecular formula is C13H21N3O3S. The van der Waals surface area contributed by atoms with Crippen LogP contribution in [0, 0.1) is 0 Å². The summed E-state index contributed by atoms with van der Waals surface area (Å²) in [5.41, 5.74) is 0.754. The highest BCUT2D eigenvalue weighted by molar-refractivity contribution is 7.89. The Hall–Kier alpha value is -1.60. The number of benzene rings is 1. The fourth-order valence-corrected chi connectivity index (χ4v) is 2.33. The SMILES string of the molecule is CCN(CC)C(=O)CCNc1ccc(S(N)(=O)=O)cc1. The van der Waals surface area contributed by atoms with Crippen LogP contribution in [0.15, 0.2) is 29.2 Å². The molecule has 0 bridgehead atoms. The summed E-state index contributed by atoms with van der Waals surface area (Å²) < 4.78 is 22.2. The molecule has 0 saturated heterocycles. The van der Waals surface area contributed by atoms with Gasteiger partial charge in [-0.2, -0.15) is 0 Å². The van der Waals surface area contributed by atoms with Crippen molar-refractivity contribution in [2.24, 2.45) is 5.14 Å². The van der Waals surface area contributed by atoms with E-state index in [-0.39, 0.29) is 10.8 Å². The molecule has 0 aliphatic carbocycles. The lowest BCUT2D eigenvalue weighted by Gasteiger charge is -2.18. The van der Waals surface area contributed by atoms with Gasteiger partial charge in [-0.3, -0.25) is 4.79 Å². The molecule has 0 atom stereocenters. The van der Waals surface area contributed by atoms with E-state index >= 15 is 0 Å². The predicted molar refractivity (Wildman–Crippen MR) is 78.8 cm³/mol. The van der Waals surface area contributed by atoms with Crippen LogP contribution in [0.4, 0.5) is 5.69 Å². The van der Waals surface area contributed by atoms with Gasteiger partial charge in [0.1, 0.15) is 0 Å². The largest absolute Gasteiger partial charge is 0.385 e. The van der Waals surface area contributed by atoms with E-state index in [9.17, 15) is 13.2 Å². The first kappa shape index (κ1) is 16.5. The molecule has 0 aromatic heterocycles. The molecule has 1 aromatic carbocycles. The van der Waals surface area contributed by atoms with E-state index in [1.807, 2.05) is 13.8 Å². The van der Waals surface area contributed by atoms with Gasteiger partial charge in [0.05, 0.1) is 4.90 Å². The predicted octanol–water partition coefficient (Wildman–Crippen LogP) is 1.00. The van der Waals surface area contributed by atoms with Crippen molar-refractivity contribution in [2.75, 3.05) is 25.0 Å². The van der Waals surface area contributed by atoms with Crippen LogP contribution < -0.4 is 10.5 Å². The van der Waals surface area contributed by atoms with Crippen LogP contribution in [0.5, 0.6) is 0 Å². The normalized spacial score (nSPS) is 11.2. The van der Waals surface area contributed by atoms with Crippen molar-refractivity contribution >= 4 is 21.6 Å². The van der Waals surface area contributed by atoms with E-state index in [0.29, 0.717) is 26.1 Å². The highest BCUT2D eigenvalue weighted by Gasteiger charge is 2.09. The fourth-order valence-electron chi connectivity index (χ4n) is 1.81. The van der Waals surface area contributed by atoms with Crippen LogP contribution >= 0.6 is 0 Å². The van der Waals surface area contributed by atoms with Gasteiger partial charge in [0, 0.05) is 31.7 Å². The molecule has 0 spiro atoms. The smallest absolute Gasteiger partial charge is 0.238 e. The molecule has 0 radical (unpaired) electrons. The van der Waals surface area contributed by atoms with Crippen molar-refractivity contribution in [3.8, 4) is 0 Å². The fraction of sp³-hybridized carbons (Fsp3) is 0.462. The number of anilines is 1. The van der Waals surface area contributed by atoms with Gasteiger partial charge in [0.25, 0.3) is 0 Å². The zero-order valence-corrected chi connectivity index (χ0v) is 12.6. The molecule has 112 valence electrons. The standard InChI is InChI=1S/C13H21N3O3S/c1-3-16(4-2)13(17)9-10-15-11-5-7-12(8-6-11)20(14,18)19/h5-8,15H,3-4,9-10H2,1-2H3,(H2,14,18,19). The zero-order chi connectivity index (χ0) is 15.2. The van der Waals surface area contributed by atoms with E-state index < -0.39 is 10.0 Å². The molecule has 3 N–H and O–H groups in total. The monoisotopic (exact) mass is 299 g/mol. The lowest BCUT2D eigenvalue weighted by molar-refractivity contribution is -0.130. The van der Waals surface area contributed by atoms with Gasteiger partial charge in [-0.25, -0.2) is 13.6 Å². The number of carbonyl (C=O) groups is 1. The minimum atomic E-state index is -3.66. The summed E-state index contributed by atoms with van der Waals surface area (Å²) in [5.74, 6) is 0.101. The number of hydrogen-bond donors (Lipinski definition) is 2. The van der Waals surface area contributed by atoms with E-state index in [0.717, 1.165) is 5.69 Å². The van der Waals surface area contributed by atoms with Crippen LogP contribution in [-0.4, -0.2) is 38.9 Å². The number of rotatable bonds is 7. The molecule has 6 nitrogen and oxygen atoms in total. The number of hydrogen-bond acceptors (Lipinski definition) is 4. The Kier molecular flexibility index (Phi) is 5.97. The maximum atomic E-state index is 11.8. The van der Waals surface area contributed by atoms with E-state index in [1.54, 1.807) is 17.0 Å². The third-order valence-electron chi connectivity index (χ3n) is 2.97. The highest BCUT2D eigenvalue weighted by Crippen LogP contribution is 2.12. The van der Waals surface area contributed by atoms with Crippen LogP contribution in [0.2, 0.25) is 0 Å². The van der Waals surface area contributed by atoms with E-state index in [4.69, 9.17) is 5.14 Å². The first-order valence-electron chi connectivity index (χ1n) is 6.53. The number of carbonyl (C=O) groups excluding carboxylic acids is 1. The topological polar surface area (TPSA) is 92.5 Å². The van der Waals surface area contributed by atoms with Crippen molar-refractivity contribution < 1.29 is 13.2 Å². The van der Waals surface area contributed by atoms with E-state index in [2.05, 4.69) is 5.32 Å². The second-order valence-corrected chi connectivity index (χ2v) is 5.87. The zero-order valence-electron chi connectivity index (χ0n) is 11.8. The summed E-state index contributed by atoms with van der Waals surface area (Å²) in [4.78, 5) is 13.6. The van der Waals surface area contributed by atoms with Crippen molar-refractivity contribution in [2.45, 2.75) is 25.2 Å². The maximum absolute atomic E-state index is 11.8. The van der Waals surface area contributed by atoms with E-state index in [1.165, 1.54) is 12.1 Å². The highest BCUT2D eigenvalue weighted by atomic mass is 32.2. The van der Waals surface area contributed by atoms with Gasteiger partial charge in [-0.15, -0.1) is 0 Å². The Morgan fingerprint density at radius 3 is 2.20 bits per heavy atom. The van der Waals surface area contributed by atoms with Gasteiger partial charge in [0.2, 0.25) is 15.9 Å². The lowest BCUT2D eigenvalue weighted by Crippen LogP contribution is -2.31. The minimum absolute atomic E-state index is 0.0715. The van der Waals surface area contributed by atoms with Crippen molar-refractivity contribution in [1.29, 1.82) is 0 Å². The third-order valence-corrected chi connectivity index (χ3v) is 3.90. The quantitative estimate of drug-likeness (QED) is 0.785. The molecule has 0 aliphatic rings. The van der Waals surface area contributed by atoms with Gasteiger partial charge >= 0.3 is 0 Å². The molecule has 0 fully saturated rings. The van der Waals surface area contributed by atoms with Crippen molar-refractivity contribution in [3.63, 3.8) is 0 Å². The first-order chi connectivity index (χ1) is 9.38. The average molecular weight is 299 g/mol. The molecule has 1 amide bonds. The third kappa shape index (κ3) is 4.82. The molecule has 20 heavy (non-hydrogen) atoms. The molecule has 0 saturated carbocycles. The number of primary sulfonamides is 1. The Bertz CT molecular complexity index is 536. The molecule has 0 unspecified atom stereocenters. The molecule has 0 heterocycles. The second kappa shape index (κ2) is 7.25. The van der Waals surface area contributed by atoms with Crippen molar-refractivity contribution in [1.82, 2.24) is 4.90 Å². The number of nitrogens with zero attached hydrogens (tertiary/aromatic N) is 1. The Balaban J connectivity index is 2.49. The lowest BCUT2D eigenvalue weighted by atomic mass is 10.3. The van der Waals surface area contributed by atoms with Gasteiger partial charge in [-0.1, -0.05) is 0 Å². The molecule has 7 heteroatoms. The summed E-state index contributed by atoms with van der Waals surface area (Å²) in [5, 5.41) is 8.09. The summed E-state index contributed by atoms with van der Waals surface area (Å²) >= 11 is 0.